The Bertz CT molecular complexity index is 918. The van der Waals surface area contributed by atoms with E-state index in [-0.39, 0.29) is 0 Å². The Morgan fingerprint density at radius 1 is 0.548 bits per heavy atom. The minimum atomic E-state index is -2.59. The monoisotopic (exact) mass is 482 g/mol. The van der Waals surface area contributed by atoms with Gasteiger partial charge in [0.15, 0.2) is 8.32 Å². The molecule has 0 saturated carbocycles. The molecule has 0 bridgehead atoms. The number of hydrogen-bond donors (Lipinski definition) is 0. The Labute approximate surface area is 192 Å². The molecule has 0 radical (unpaired) electrons. The van der Waals surface area contributed by atoms with Crippen LogP contribution in [0.3, 0.4) is 0 Å². The molecular formula is C24H34O3Si4. The Morgan fingerprint density at radius 3 is 1.23 bits per heavy atom. The van der Waals surface area contributed by atoms with Crippen LogP contribution in [0, 0.1) is 24.7 Å². The van der Waals surface area contributed by atoms with E-state index in [1.165, 1.54) is 0 Å². The van der Waals surface area contributed by atoms with Crippen molar-refractivity contribution < 1.29 is 12.3 Å². The highest BCUT2D eigenvalue weighted by Crippen LogP contribution is 2.24. The molecule has 0 aliphatic rings. The van der Waals surface area contributed by atoms with E-state index in [2.05, 4.69) is 88.5 Å². The van der Waals surface area contributed by atoms with Crippen molar-refractivity contribution in [2.45, 2.75) is 52.4 Å². The molecule has 164 valence electrons. The summed E-state index contributed by atoms with van der Waals surface area (Å²) in [7, 11) is -9.19. The second kappa shape index (κ2) is 9.43. The number of benzene rings is 2. The van der Waals surface area contributed by atoms with Crippen molar-refractivity contribution >= 4 is 44.1 Å². The minimum absolute atomic E-state index is 0.854. The Kier molecular flexibility index (Phi) is 7.78. The Hall–Kier alpha value is -1.69. The predicted octanol–water partition coefficient (Wildman–Crippen LogP) is 4.63. The van der Waals surface area contributed by atoms with Crippen LogP contribution < -0.4 is 10.4 Å². The standard InChI is InChI=1S/C24H34O3Si4/c1-11-21-13-17-23(18-14-21)31(10,24-19-15-22(12-2)16-20-24)27-30(8,9)26-29(6,7)25-28(3,4)5/h1-2,13-20H,3-10H3. The molecule has 2 aromatic carbocycles. The molecule has 0 atom stereocenters. The van der Waals surface area contributed by atoms with E-state index < -0.39 is 33.8 Å². The van der Waals surface area contributed by atoms with Crippen LogP contribution in [-0.2, 0) is 12.3 Å². The molecule has 3 nitrogen and oxygen atoms in total. The van der Waals surface area contributed by atoms with Gasteiger partial charge in [-0.25, -0.2) is 0 Å². The van der Waals surface area contributed by atoms with Gasteiger partial charge in [0.05, 0.1) is 0 Å². The lowest BCUT2D eigenvalue weighted by Gasteiger charge is -2.41. The highest BCUT2D eigenvalue weighted by atomic mass is 28.5. The van der Waals surface area contributed by atoms with Crippen molar-refractivity contribution in [2.75, 3.05) is 0 Å². The molecule has 0 unspecified atom stereocenters. The van der Waals surface area contributed by atoms with Gasteiger partial charge in [0.2, 0.25) is 8.32 Å². The van der Waals surface area contributed by atoms with Crippen LogP contribution >= 0.6 is 0 Å². The van der Waals surface area contributed by atoms with E-state index in [0.717, 1.165) is 21.5 Å². The first-order valence-electron chi connectivity index (χ1n) is 10.4. The summed E-state index contributed by atoms with van der Waals surface area (Å²) in [5, 5.41) is 2.30. The average Bonchev–Trinajstić information content (AvgIpc) is 2.64. The van der Waals surface area contributed by atoms with Crippen molar-refractivity contribution in [3.05, 3.63) is 59.7 Å². The molecule has 7 heteroatoms. The summed E-state index contributed by atoms with van der Waals surface area (Å²) >= 11 is 0. The topological polar surface area (TPSA) is 27.7 Å². The quantitative estimate of drug-likeness (QED) is 0.406. The molecule has 0 heterocycles. The molecule has 0 fully saturated rings. The maximum atomic E-state index is 7.02. The molecule has 0 N–H and O–H groups in total. The van der Waals surface area contributed by atoms with Crippen LogP contribution in [0.25, 0.3) is 0 Å². The van der Waals surface area contributed by atoms with Crippen molar-refractivity contribution in [3.63, 3.8) is 0 Å². The molecule has 0 aliphatic heterocycles. The Balaban J connectivity index is 2.46. The third kappa shape index (κ3) is 7.16. The van der Waals surface area contributed by atoms with E-state index in [9.17, 15) is 0 Å². The van der Waals surface area contributed by atoms with Crippen molar-refractivity contribution in [3.8, 4) is 24.7 Å². The summed E-state index contributed by atoms with van der Waals surface area (Å²) < 4.78 is 20.1. The molecule has 2 rings (SSSR count). The Morgan fingerprint density at radius 2 is 0.903 bits per heavy atom. The highest BCUT2D eigenvalue weighted by Gasteiger charge is 2.45. The number of hydrogen-bond acceptors (Lipinski definition) is 3. The van der Waals surface area contributed by atoms with Gasteiger partial charge < -0.3 is 12.3 Å². The normalized spacial score (nSPS) is 12.8. The number of rotatable bonds is 8. The third-order valence-electron chi connectivity index (χ3n) is 4.70. The van der Waals surface area contributed by atoms with Gasteiger partial charge in [0.1, 0.15) is 0 Å². The zero-order valence-electron chi connectivity index (χ0n) is 20.0. The minimum Gasteiger partial charge on any atom is -0.437 e. The molecule has 2 aromatic rings. The fourth-order valence-electron chi connectivity index (χ4n) is 3.92. The van der Waals surface area contributed by atoms with Gasteiger partial charge in [-0.05, 0) is 87.0 Å². The largest absolute Gasteiger partial charge is 0.437 e. The summed E-state index contributed by atoms with van der Waals surface area (Å²) in [5.41, 5.74) is 1.71. The second-order valence-electron chi connectivity index (χ2n) is 9.69. The summed E-state index contributed by atoms with van der Waals surface area (Å²) in [5.74, 6) is 5.38. The average molecular weight is 483 g/mol. The fourth-order valence-corrected chi connectivity index (χ4v) is 22.4. The first kappa shape index (κ1) is 25.6. The SMILES string of the molecule is C#Cc1ccc([Si](C)(O[Si](C)(C)O[Si](C)(C)O[Si](C)(C)C)c2ccc(C#C)cc2)cc1. The van der Waals surface area contributed by atoms with Gasteiger partial charge in [-0.2, -0.15) is 0 Å². The first-order valence-corrected chi connectivity index (χ1v) is 21.9. The zero-order valence-corrected chi connectivity index (χ0v) is 24.0. The molecule has 0 aliphatic carbocycles. The highest BCUT2D eigenvalue weighted by molar-refractivity contribution is 7.01. The molecule has 0 saturated heterocycles. The lowest BCUT2D eigenvalue weighted by molar-refractivity contribution is 0.333. The number of terminal acetylenes is 2. The third-order valence-corrected chi connectivity index (χ3v) is 19.5. The predicted molar refractivity (Wildman–Crippen MR) is 141 cm³/mol. The van der Waals surface area contributed by atoms with Crippen molar-refractivity contribution in [1.29, 1.82) is 0 Å². The molecule has 31 heavy (non-hydrogen) atoms. The smallest absolute Gasteiger partial charge is 0.313 e. The van der Waals surface area contributed by atoms with E-state index in [1.807, 2.05) is 24.3 Å². The van der Waals surface area contributed by atoms with Gasteiger partial charge in [0.25, 0.3) is 0 Å². The van der Waals surface area contributed by atoms with Crippen molar-refractivity contribution in [2.24, 2.45) is 0 Å². The lowest BCUT2D eigenvalue weighted by Crippen LogP contribution is -2.65. The summed E-state index contributed by atoms with van der Waals surface area (Å²) in [6.07, 6.45) is 11.1. The van der Waals surface area contributed by atoms with Gasteiger partial charge >= 0.3 is 17.1 Å². The lowest BCUT2D eigenvalue weighted by atomic mass is 10.2. The van der Waals surface area contributed by atoms with Gasteiger partial charge in [0, 0.05) is 11.1 Å². The van der Waals surface area contributed by atoms with Gasteiger partial charge in [-0.3, -0.25) is 0 Å². The molecule has 0 spiro atoms. The van der Waals surface area contributed by atoms with E-state index in [1.54, 1.807) is 0 Å². The maximum Gasteiger partial charge on any atom is 0.313 e. The van der Waals surface area contributed by atoms with Gasteiger partial charge in [-0.15, -0.1) is 12.8 Å². The van der Waals surface area contributed by atoms with E-state index in [4.69, 9.17) is 25.2 Å². The molecule has 0 amide bonds. The fraction of sp³-hybridized carbons (Fsp3) is 0.333. The molecule has 0 aromatic heterocycles. The first-order chi connectivity index (χ1) is 14.2. The van der Waals surface area contributed by atoms with Crippen LogP contribution in [0.4, 0.5) is 0 Å². The summed E-state index contributed by atoms with van der Waals surface area (Å²) in [4.78, 5) is 0. The summed E-state index contributed by atoms with van der Waals surface area (Å²) in [6.45, 7) is 17.3. The second-order valence-corrected chi connectivity index (χ2v) is 25.2. The molecular weight excluding hydrogens is 449 g/mol. The maximum absolute atomic E-state index is 7.02. The van der Waals surface area contributed by atoms with Crippen molar-refractivity contribution in [1.82, 2.24) is 0 Å². The van der Waals surface area contributed by atoms with Crippen LogP contribution in [-0.4, -0.2) is 33.8 Å². The zero-order chi connectivity index (χ0) is 23.5. The van der Waals surface area contributed by atoms with Crippen LogP contribution in [0.1, 0.15) is 11.1 Å². The van der Waals surface area contributed by atoms with E-state index >= 15 is 0 Å². The van der Waals surface area contributed by atoms with Crippen LogP contribution in [0.5, 0.6) is 0 Å². The van der Waals surface area contributed by atoms with Crippen LogP contribution in [0.15, 0.2) is 48.5 Å². The summed E-state index contributed by atoms with van der Waals surface area (Å²) in [6, 6.07) is 16.2. The van der Waals surface area contributed by atoms with Gasteiger partial charge in [-0.1, -0.05) is 36.1 Å². The van der Waals surface area contributed by atoms with Crippen LogP contribution in [0.2, 0.25) is 52.4 Å². The van der Waals surface area contributed by atoms with E-state index in [0.29, 0.717) is 0 Å².